The molecule has 0 aliphatic carbocycles. The minimum Gasteiger partial charge on any atom is -0.493 e. The average molecular weight is 476 g/mol. The van der Waals surface area contributed by atoms with Gasteiger partial charge in [-0.15, -0.1) is 0 Å². The number of carbonyl (C=O) groups is 2. The van der Waals surface area contributed by atoms with Crippen LogP contribution < -0.4 is 20.1 Å². The minimum absolute atomic E-state index is 0.00671. The van der Waals surface area contributed by atoms with E-state index in [4.69, 9.17) is 9.47 Å². The number of anilines is 1. The minimum atomic E-state index is -3.82. The second kappa shape index (κ2) is 10.2. The van der Waals surface area contributed by atoms with Gasteiger partial charge in [0.05, 0.1) is 17.9 Å². The standard InChI is InChI=1S/C23H29N3O6S/c1-23(2,3)32-22(28)24-10-11-25-33(29,30)19-6-4-5-18(15-19)26-21(27)14-16-7-8-20-17(13-16)9-12-31-20/h4-8,13,15,25H,9-12,14H2,1-3H3,(H,24,28)(H,26,27). The van der Waals surface area contributed by atoms with E-state index in [0.717, 1.165) is 23.3 Å². The Hall–Kier alpha value is -3.11. The van der Waals surface area contributed by atoms with E-state index in [1.54, 1.807) is 32.9 Å². The summed E-state index contributed by atoms with van der Waals surface area (Å²) in [5.41, 5.74) is 1.68. The van der Waals surface area contributed by atoms with Crippen molar-refractivity contribution < 1.29 is 27.5 Å². The first-order valence-corrected chi connectivity index (χ1v) is 12.1. The highest BCUT2D eigenvalue weighted by Crippen LogP contribution is 2.26. The summed E-state index contributed by atoms with van der Waals surface area (Å²) in [6.45, 7) is 5.92. The Morgan fingerprint density at radius 1 is 1.09 bits per heavy atom. The number of amides is 2. The van der Waals surface area contributed by atoms with Crippen molar-refractivity contribution in [3.05, 3.63) is 53.6 Å². The van der Waals surface area contributed by atoms with Crippen LogP contribution >= 0.6 is 0 Å². The van der Waals surface area contributed by atoms with Crippen LogP contribution in [0.4, 0.5) is 10.5 Å². The molecular weight excluding hydrogens is 446 g/mol. The van der Waals surface area contributed by atoms with Crippen LogP contribution in [0.1, 0.15) is 31.9 Å². The van der Waals surface area contributed by atoms with Gasteiger partial charge in [0.2, 0.25) is 15.9 Å². The summed E-state index contributed by atoms with van der Waals surface area (Å²) in [5.74, 6) is 0.601. The molecule has 1 heterocycles. The molecule has 3 N–H and O–H groups in total. The molecule has 0 unspecified atom stereocenters. The molecule has 2 amide bonds. The first-order chi connectivity index (χ1) is 15.5. The highest BCUT2D eigenvalue weighted by molar-refractivity contribution is 7.89. The number of benzene rings is 2. The monoisotopic (exact) mass is 475 g/mol. The number of carbonyl (C=O) groups excluding carboxylic acids is 2. The van der Waals surface area contributed by atoms with Crippen LogP contribution in [0.25, 0.3) is 0 Å². The second-order valence-electron chi connectivity index (χ2n) is 8.62. The number of alkyl carbamates (subject to hydrolysis) is 1. The summed E-state index contributed by atoms with van der Waals surface area (Å²) >= 11 is 0. The van der Waals surface area contributed by atoms with Crippen LogP contribution in [0.15, 0.2) is 47.4 Å². The molecule has 0 fully saturated rings. The van der Waals surface area contributed by atoms with Gasteiger partial charge in [0.1, 0.15) is 11.4 Å². The number of hydrogen-bond acceptors (Lipinski definition) is 6. The highest BCUT2D eigenvalue weighted by Gasteiger charge is 2.18. The molecule has 1 aliphatic heterocycles. The average Bonchev–Trinajstić information content (AvgIpc) is 3.18. The third-order valence-corrected chi connectivity index (χ3v) is 6.09. The van der Waals surface area contributed by atoms with Crippen LogP contribution in [0, 0.1) is 0 Å². The predicted molar refractivity (Wildman–Crippen MR) is 124 cm³/mol. The molecule has 9 nitrogen and oxygen atoms in total. The van der Waals surface area contributed by atoms with E-state index in [0.29, 0.717) is 12.3 Å². The van der Waals surface area contributed by atoms with Gasteiger partial charge in [0.15, 0.2) is 0 Å². The van der Waals surface area contributed by atoms with E-state index in [9.17, 15) is 18.0 Å². The largest absolute Gasteiger partial charge is 0.493 e. The molecule has 0 radical (unpaired) electrons. The molecule has 0 saturated carbocycles. The lowest BCUT2D eigenvalue weighted by molar-refractivity contribution is -0.115. The Labute approximate surface area is 193 Å². The molecular formula is C23H29N3O6S. The Balaban J connectivity index is 1.52. The molecule has 2 aromatic rings. The van der Waals surface area contributed by atoms with Crippen LogP contribution in [0.2, 0.25) is 0 Å². The van der Waals surface area contributed by atoms with Crippen molar-refractivity contribution in [2.75, 3.05) is 25.0 Å². The summed E-state index contributed by atoms with van der Waals surface area (Å²) in [7, 11) is -3.82. The molecule has 3 rings (SSSR count). The zero-order valence-corrected chi connectivity index (χ0v) is 19.8. The van der Waals surface area contributed by atoms with Gasteiger partial charge in [-0.3, -0.25) is 4.79 Å². The fourth-order valence-corrected chi connectivity index (χ4v) is 4.31. The number of hydrogen-bond donors (Lipinski definition) is 3. The summed E-state index contributed by atoms with van der Waals surface area (Å²) in [6.07, 6.45) is 0.367. The molecule has 178 valence electrons. The highest BCUT2D eigenvalue weighted by atomic mass is 32.2. The molecule has 33 heavy (non-hydrogen) atoms. The molecule has 2 aromatic carbocycles. The number of rotatable bonds is 8. The molecule has 1 aliphatic rings. The van der Waals surface area contributed by atoms with E-state index in [-0.39, 0.29) is 30.3 Å². The van der Waals surface area contributed by atoms with Crippen LogP contribution in [-0.2, 0) is 32.4 Å². The zero-order chi connectivity index (χ0) is 24.1. The van der Waals surface area contributed by atoms with Crippen molar-refractivity contribution in [1.29, 1.82) is 0 Å². The fourth-order valence-electron chi connectivity index (χ4n) is 3.23. The number of fused-ring (bicyclic) bond motifs is 1. The fraction of sp³-hybridized carbons (Fsp3) is 0.391. The van der Waals surface area contributed by atoms with Gasteiger partial charge in [0.25, 0.3) is 0 Å². The molecule has 0 aromatic heterocycles. The Bertz CT molecular complexity index is 1130. The predicted octanol–water partition coefficient (Wildman–Crippen LogP) is 2.61. The quantitative estimate of drug-likeness (QED) is 0.505. The summed E-state index contributed by atoms with van der Waals surface area (Å²) < 4.78 is 38.1. The van der Waals surface area contributed by atoms with Crippen molar-refractivity contribution in [3.8, 4) is 5.75 Å². The first kappa shape index (κ1) is 24.5. The van der Waals surface area contributed by atoms with Gasteiger partial charge >= 0.3 is 6.09 Å². The molecule has 0 spiro atoms. The smallest absolute Gasteiger partial charge is 0.407 e. The lowest BCUT2D eigenvalue weighted by Crippen LogP contribution is -2.37. The van der Waals surface area contributed by atoms with E-state index >= 15 is 0 Å². The zero-order valence-electron chi connectivity index (χ0n) is 18.9. The molecule has 0 bridgehead atoms. The van der Waals surface area contributed by atoms with Crippen molar-refractivity contribution in [2.24, 2.45) is 0 Å². The van der Waals surface area contributed by atoms with Crippen LogP contribution in [-0.4, -0.2) is 45.7 Å². The van der Waals surface area contributed by atoms with Gasteiger partial charge in [-0.25, -0.2) is 17.9 Å². The van der Waals surface area contributed by atoms with Gasteiger partial charge in [-0.2, -0.15) is 0 Å². The molecule has 0 atom stereocenters. The maximum absolute atomic E-state index is 12.6. The third-order valence-electron chi connectivity index (χ3n) is 4.63. The third kappa shape index (κ3) is 7.47. The number of sulfonamides is 1. The lowest BCUT2D eigenvalue weighted by atomic mass is 10.1. The van der Waals surface area contributed by atoms with Gasteiger partial charge < -0.3 is 20.1 Å². The van der Waals surface area contributed by atoms with Crippen molar-refractivity contribution in [3.63, 3.8) is 0 Å². The van der Waals surface area contributed by atoms with Crippen molar-refractivity contribution in [1.82, 2.24) is 10.0 Å². The van der Waals surface area contributed by atoms with E-state index in [1.807, 2.05) is 18.2 Å². The van der Waals surface area contributed by atoms with E-state index < -0.39 is 21.7 Å². The van der Waals surface area contributed by atoms with E-state index in [1.165, 1.54) is 12.1 Å². The SMILES string of the molecule is CC(C)(C)OC(=O)NCCNS(=O)(=O)c1cccc(NC(=O)Cc2ccc3c(c2)CCO3)c1. The van der Waals surface area contributed by atoms with Crippen LogP contribution in [0.5, 0.6) is 5.75 Å². The van der Waals surface area contributed by atoms with Crippen LogP contribution in [0.3, 0.4) is 0 Å². The number of ether oxygens (including phenoxy) is 2. The second-order valence-corrected chi connectivity index (χ2v) is 10.4. The molecule has 10 heteroatoms. The Kier molecular flexibility index (Phi) is 7.60. The van der Waals surface area contributed by atoms with Gasteiger partial charge in [-0.05, 0) is 56.2 Å². The maximum atomic E-state index is 12.6. The Morgan fingerprint density at radius 2 is 1.88 bits per heavy atom. The topological polar surface area (TPSA) is 123 Å². The normalized spacial score (nSPS) is 13.1. The molecule has 0 saturated heterocycles. The summed E-state index contributed by atoms with van der Waals surface area (Å²) in [6, 6.07) is 11.7. The van der Waals surface area contributed by atoms with Gasteiger partial charge in [-0.1, -0.05) is 18.2 Å². The Morgan fingerprint density at radius 3 is 2.64 bits per heavy atom. The summed E-state index contributed by atoms with van der Waals surface area (Å²) in [5, 5.41) is 5.22. The van der Waals surface area contributed by atoms with E-state index in [2.05, 4.69) is 15.4 Å². The first-order valence-electron chi connectivity index (χ1n) is 10.6. The number of nitrogens with one attached hydrogen (secondary N) is 3. The van der Waals surface area contributed by atoms with Crippen molar-refractivity contribution in [2.45, 2.75) is 44.1 Å². The maximum Gasteiger partial charge on any atom is 0.407 e. The lowest BCUT2D eigenvalue weighted by Gasteiger charge is -2.19. The van der Waals surface area contributed by atoms with Gasteiger partial charge in [0, 0.05) is 25.2 Å². The van der Waals surface area contributed by atoms with Crippen molar-refractivity contribution >= 4 is 27.7 Å². The summed E-state index contributed by atoms with van der Waals surface area (Å²) in [4.78, 5) is 24.1.